The Kier molecular flexibility index (Phi) is 4.42. The van der Waals surface area contributed by atoms with Crippen LogP contribution in [0.15, 0.2) is 36.4 Å². The summed E-state index contributed by atoms with van der Waals surface area (Å²) in [4.78, 5) is 0. The van der Waals surface area contributed by atoms with Gasteiger partial charge in [0.1, 0.15) is 5.75 Å². The third-order valence-corrected chi connectivity index (χ3v) is 4.85. The van der Waals surface area contributed by atoms with Gasteiger partial charge in [-0.25, -0.2) is 0 Å². The van der Waals surface area contributed by atoms with Crippen LogP contribution in [-0.4, -0.2) is 7.11 Å². The van der Waals surface area contributed by atoms with Crippen molar-refractivity contribution in [3.05, 3.63) is 63.7 Å². The van der Waals surface area contributed by atoms with Crippen molar-refractivity contribution in [3.63, 3.8) is 0 Å². The number of ether oxygens (including phenoxy) is 1. The number of alkyl halides is 1. The predicted molar refractivity (Wildman–Crippen MR) is 88.8 cm³/mol. The lowest BCUT2D eigenvalue weighted by atomic mass is 9.89. The number of hydrogen-bond acceptors (Lipinski definition) is 1. The van der Waals surface area contributed by atoms with E-state index in [1.165, 1.54) is 30.4 Å². The van der Waals surface area contributed by atoms with Crippen LogP contribution in [-0.2, 0) is 12.8 Å². The van der Waals surface area contributed by atoms with Crippen molar-refractivity contribution in [1.29, 1.82) is 0 Å². The minimum atomic E-state index is -0.245. The highest BCUT2D eigenvalue weighted by atomic mass is 35.5. The van der Waals surface area contributed by atoms with E-state index in [1.54, 1.807) is 7.11 Å². The molecule has 2 aromatic rings. The first-order valence-electron chi connectivity index (χ1n) is 7.28. The van der Waals surface area contributed by atoms with Gasteiger partial charge in [0.15, 0.2) is 0 Å². The number of hydrogen-bond donors (Lipinski definition) is 0. The Bertz CT molecular complexity index is 652. The monoisotopic (exact) mass is 320 g/mol. The van der Waals surface area contributed by atoms with Crippen LogP contribution >= 0.6 is 23.2 Å². The first-order valence-corrected chi connectivity index (χ1v) is 8.09. The summed E-state index contributed by atoms with van der Waals surface area (Å²) in [6, 6.07) is 12.2. The quantitative estimate of drug-likeness (QED) is 0.673. The summed E-state index contributed by atoms with van der Waals surface area (Å²) in [5, 5.41) is 0.431. The van der Waals surface area contributed by atoms with E-state index in [0.717, 1.165) is 23.3 Å². The summed E-state index contributed by atoms with van der Waals surface area (Å²) in [5.74, 6) is 0.775. The molecule has 0 aromatic heterocycles. The Morgan fingerprint density at radius 1 is 1.00 bits per heavy atom. The van der Waals surface area contributed by atoms with Crippen molar-refractivity contribution >= 4 is 23.2 Å². The van der Waals surface area contributed by atoms with E-state index in [-0.39, 0.29) is 5.38 Å². The fourth-order valence-electron chi connectivity index (χ4n) is 2.99. The van der Waals surface area contributed by atoms with E-state index in [4.69, 9.17) is 27.9 Å². The van der Waals surface area contributed by atoms with Gasteiger partial charge in [-0.15, -0.1) is 11.6 Å². The topological polar surface area (TPSA) is 9.23 Å². The van der Waals surface area contributed by atoms with Crippen LogP contribution in [0, 0.1) is 0 Å². The molecule has 1 atom stereocenters. The molecule has 0 saturated carbocycles. The van der Waals surface area contributed by atoms with Gasteiger partial charge >= 0.3 is 0 Å². The van der Waals surface area contributed by atoms with Crippen molar-refractivity contribution < 1.29 is 4.74 Å². The largest absolute Gasteiger partial charge is 0.496 e. The molecule has 1 unspecified atom stereocenters. The van der Waals surface area contributed by atoms with Gasteiger partial charge in [-0.05, 0) is 60.6 Å². The van der Waals surface area contributed by atoms with Crippen molar-refractivity contribution in [2.45, 2.75) is 31.1 Å². The zero-order valence-electron chi connectivity index (χ0n) is 12.0. The van der Waals surface area contributed by atoms with E-state index >= 15 is 0 Å². The Balaban J connectivity index is 1.98. The molecule has 3 heteroatoms. The van der Waals surface area contributed by atoms with Crippen LogP contribution in [0.3, 0.4) is 0 Å². The number of methoxy groups -OCH3 is 1. The van der Waals surface area contributed by atoms with Crippen LogP contribution in [0.5, 0.6) is 5.75 Å². The molecule has 0 bridgehead atoms. The van der Waals surface area contributed by atoms with E-state index in [0.29, 0.717) is 5.02 Å². The maximum atomic E-state index is 6.69. The smallest absolute Gasteiger partial charge is 0.123 e. The number of rotatable bonds is 3. The van der Waals surface area contributed by atoms with E-state index in [1.807, 2.05) is 18.2 Å². The normalized spacial score (nSPS) is 15.4. The Morgan fingerprint density at radius 3 is 2.52 bits per heavy atom. The molecule has 21 heavy (non-hydrogen) atoms. The van der Waals surface area contributed by atoms with E-state index < -0.39 is 0 Å². The highest BCUT2D eigenvalue weighted by Gasteiger charge is 2.18. The van der Waals surface area contributed by atoms with Crippen molar-refractivity contribution in [2.75, 3.05) is 7.11 Å². The Morgan fingerprint density at radius 2 is 1.76 bits per heavy atom. The Hall–Kier alpha value is -1.18. The zero-order valence-corrected chi connectivity index (χ0v) is 13.5. The average Bonchev–Trinajstić information content (AvgIpc) is 2.53. The summed E-state index contributed by atoms with van der Waals surface area (Å²) in [6.07, 6.45) is 4.89. The summed E-state index contributed by atoms with van der Waals surface area (Å²) in [6.45, 7) is 0. The van der Waals surface area contributed by atoms with Crippen LogP contribution in [0.2, 0.25) is 5.02 Å². The number of benzene rings is 2. The molecule has 0 saturated heterocycles. The van der Waals surface area contributed by atoms with Gasteiger partial charge in [0.25, 0.3) is 0 Å². The minimum Gasteiger partial charge on any atom is -0.496 e. The van der Waals surface area contributed by atoms with Gasteiger partial charge < -0.3 is 4.74 Å². The molecule has 0 heterocycles. The van der Waals surface area contributed by atoms with Gasteiger partial charge in [-0.2, -0.15) is 0 Å². The Labute approximate surface area is 135 Å². The minimum absolute atomic E-state index is 0.245. The lowest BCUT2D eigenvalue weighted by Gasteiger charge is -2.19. The number of halogens is 2. The fraction of sp³-hybridized carbons (Fsp3) is 0.333. The molecule has 0 amide bonds. The van der Waals surface area contributed by atoms with Gasteiger partial charge in [-0.3, -0.25) is 0 Å². The average molecular weight is 321 g/mol. The van der Waals surface area contributed by atoms with E-state index in [2.05, 4.69) is 18.2 Å². The first-order chi connectivity index (χ1) is 10.2. The molecule has 1 aliphatic carbocycles. The van der Waals surface area contributed by atoms with Gasteiger partial charge in [0.05, 0.1) is 12.5 Å². The molecule has 110 valence electrons. The molecule has 0 aliphatic heterocycles. The standard InChI is InChI=1S/C18H18Cl2O/c1-21-17-9-8-15(19)11-16(17)18(20)14-7-6-12-4-2-3-5-13(12)10-14/h6-11,18H,2-5H2,1H3. The number of fused-ring (bicyclic) bond motifs is 1. The van der Waals surface area contributed by atoms with Crippen LogP contribution in [0.25, 0.3) is 0 Å². The van der Waals surface area contributed by atoms with Crippen molar-refractivity contribution in [1.82, 2.24) is 0 Å². The molecule has 0 fully saturated rings. The third kappa shape index (κ3) is 3.04. The fourth-order valence-corrected chi connectivity index (χ4v) is 3.48. The molecule has 0 spiro atoms. The molecular weight excluding hydrogens is 303 g/mol. The summed E-state index contributed by atoms with van der Waals surface area (Å²) < 4.78 is 5.41. The molecule has 3 rings (SSSR count). The predicted octanol–water partition coefficient (Wildman–Crippen LogP) is 5.56. The van der Waals surface area contributed by atoms with Gasteiger partial charge in [-0.1, -0.05) is 29.8 Å². The lowest BCUT2D eigenvalue weighted by molar-refractivity contribution is 0.410. The zero-order chi connectivity index (χ0) is 14.8. The second kappa shape index (κ2) is 6.29. The SMILES string of the molecule is COc1ccc(Cl)cc1C(Cl)c1ccc2c(c1)CCCC2. The first kappa shape index (κ1) is 14.7. The summed E-state index contributed by atoms with van der Waals surface area (Å²) in [7, 11) is 1.66. The molecule has 1 aliphatic rings. The van der Waals surface area contributed by atoms with E-state index in [9.17, 15) is 0 Å². The molecule has 1 nitrogen and oxygen atoms in total. The molecular formula is C18H18Cl2O. The molecule has 0 N–H and O–H groups in total. The van der Waals surface area contributed by atoms with Crippen LogP contribution in [0.4, 0.5) is 0 Å². The highest BCUT2D eigenvalue weighted by molar-refractivity contribution is 6.31. The second-order valence-electron chi connectivity index (χ2n) is 5.48. The van der Waals surface area contributed by atoms with Crippen LogP contribution in [0.1, 0.15) is 40.5 Å². The maximum absolute atomic E-state index is 6.69. The molecule has 2 aromatic carbocycles. The molecule has 0 radical (unpaired) electrons. The van der Waals surface area contributed by atoms with Gasteiger partial charge in [0.2, 0.25) is 0 Å². The van der Waals surface area contributed by atoms with Crippen molar-refractivity contribution in [2.24, 2.45) is 0 Å². The van der Waals surface area contributed by atoms with Crippen LogP contribution < -0.4 is 4.74 Å². The summed E-state index contributed by atoms with van der Waals surface area (Å²) >= 11 is 12.8. The maximum Gasteiger partial charge on any atom is 0.123 e. The third-order valence-electron chi connectivity index (χ3n) is 4.13. The number of aryl methyl sites for hydroxylation is 2. The van der Waals surface area contributed by atoms with Gasteiger partial charge in [0, 0.05) is 10.6 Å². The van der Waals surface area contributed by atoms with Crippen molar-refractivity contribution in [3.8, 4) is 5.75 Å². The lowest BCUT2D eigenvalue weighted by Crippen LogP contribution is -2.05. The summed E-state index contributed by atoms with van der Waals surface area (Å²) in [5.41, 5.74) is 4.93. The second-order valence-corrected chi connectivity index (χ2v) is 6.36. The highest BCUT2D eigenvalue weighted by Crippen LogP contribution is 2.37.